The second-order valence-electron chi connectivity index (χ2n) is 10.2. The number of benzene rings is 1. The summed E-state index contributed by atoms with van der Waals surface area (Å²) in [6.45, 7) is 8.25. The molecule has 178 valence electrons. The van der Waals surface area contributed by atoms with Crippen molar-refractivity contribution in [2.45, 2.75) is 89.1 Å². The van der Waals surface area contributed by atoms with Gasteiger partial charge in [-0.1, -0.05) is 25.3 Å². The first kappa shape index (κ1) is 24.7. The van der Waals surface area contributed by atoms with Crippen LogP contribution in [0.25, 0.3) is 0 Å². The Bertz CT molecular complexity index is 938. The number of carbonyl (C=O) groups is 2. The highest BCUT2D eigenvalue weighted by Gasteiger charge is 2.29. The van der Waals surface area contributed by atoms with Gasteiger partial charge in [0.15, 0.2) is 0 Å². The first-order chi connectivity index (χ1) is 15.0. The van der Waals surface area contributed by atoms with Crippen LogP contribution < -0.4 is 10.0 Å². The molecule has 7 nitrogen and oxygen atoms in total. The van der Waals surface area contributed by atoms with E-state index in [2.05, 4.69) is 10.0 Å². The predicted molar refractivity (Wildman–Crippen MR) is 125 cm³/mol. The summed E-state index contributed by atoms with van der Waals surface area (Å²) in [6, 6.07) is 4.79. The average molecular weight is 464 g/mol. The van der Waals surface area contributed by atoms with Crippen LogP contribution in [0.1, 0.15) is 81.6 Å². The summed E-state index contributed by atoms with van der Waals surface area (Å²) in [5.41, 5.74) is 0.543. The number of aryl methyl sites for hydroxylation is 1. The Morgan fingerprint density at radius 2 is 1.62 bits per heavy atom. The van der Waals surface area contributed by atoms with E-state index in [1.165, 1.54) is 18.6 Å². The van der Waals surface area contributed by atoms with E-state index < -0.39 is 15.6 Å². The van der Waals surface area contributed by atoms with Crippen LogP contribution in [-0.2, 0) is 14.8 Å². The van der Waals surface area contributed by atoms with Crippen molar-refractivity contribution in [3.63, 3.8) is 0 Å². The highest BCUT2D eigenvalue weighted by molar-refractivity contribution is 7.89. The summed E-state index contributed by atoms with van der Waals surface area (Å²) in [5.74, 6) is 0.138. The lowest BCUT2D eigenvalue weighted by molar-refractivity contribution is -0.126. The number of hydrogen-bond acceptors (Lipinski definition) is 4. The van der Waals surface area contributed by atoms with E-state index in [1.807, 2.05) is 6.92 Å². The Kier molecular flexibility index (Phi) is 7.65. The molecule has 2 fully saturated rings. The van der Waals surface area contributed by atoms with Crippen LogP contribution in [0, 0.1) is 12.8 Å². The van der Waals surface area contributed by atoms with Crippen molar-refractivity contribution in [2.75, 3.05) is 13.1 Å². The minimum absolute atomic E-state index is 0.0935. The van der Waals surface area contributed by atoms with Crippen LogP contribution in [0.2, 0.25) is 0 Å². The summed E-state index contributed by atoms with van der Waals surface area (Å²) >= 11 is 0. The average Bonchev–Trinajstić information content (AvgIpc) is 2.73. The number of sulfonamides is 1. The number of carbonyl (C=O) groups excluding carboxylic acids is 2. The molecule has 2 aliphatic rings. The molecule has 32 heavy (non-hydrogen) atoms. The molecule has 1 saturated carbocycles. The van der Waals surface area contributed by atoms with Crippen LogP contribution in [0.15, 0.2) is 23.1 Å². The van der Waals surface area contributed by atoms with Crippen molar-refractivity contribution >= 4 is 21.8 Å². The van der Waals surface area contributed by atoms with Gasteiger partial charge in [-0.2, -0.15) is 0 Å². The second-order valence-corrected chi connectivity index (χ2v) is 11.9. The van der Waals surface area contributed by atoms with E-state index in [1.54, 1.807) is 31.7 Å². The zero-order valence-corrected chi connectivity index (χ0v) is 20.6. The van der Waals surface area contributed by atoms with Gasteiger partial charge >= 0.3 is 0 Å². The fourth-order valence-electron chi connectivity index (χ4n) is 4.54. The molecule has 2 N–H and O–H groups in total. The lowest BCUT2D eigenvalue weighted by Gasteiger charge is -2.34. The summed E-state index contributed by atoms with van der Waals surface area (Å²) in [4.78, 5) is 27.6. The van der Waals surface area contributed by atoms with Crippen LogP contribution in [0.3, 0.4) is 0 Å². The van der Waals surface area contributed by atoms with Gasteiger partial charge in [0.05, 0.1) is 4.90 Å². The Morgan fingerprint density at radius 1 is 1.00 bits per heavy atom. The van der Waals surface area contributed by atoms with Crippen molar-refractivity contribution in [3.8, 4) is 0 Å². The van der Waals surface area contributed by atoms with Crippen molar-refractivity contribution in [1.82, 2.24) is 14.9 Å². The first-order valence-corrected chi connectivity index (χ1v) is 13.2. The molecule has 1 aliphatic carbocycles. The monoisotopic (exact) mass is 463 g/mol. The van der Waals surface area contributed by atoms with E-state index in [0.717, 1.165) is 31.2 Å². The first-order valence-electron chi connectivity index (χ1n) is 11.7. The Morgan fingerprint density at radius 3 is 2.22 bits per heavy atom. The van der Waals surface area contributed by atoms with Crippen molar-refractivity contribution < 1.29 is 18.0 Å². The molecule has 0 radical (unpaired) electrons. The van der Waals surface area contributed by atoms with E-state index in [-0.39, 0.29) is 28.7 Å². The molecule has 0 spiro atoms. The van der Waals surface area contributed by atoms with E-state index in [4.69, 9.17) is 0 Å². The van der Waals surface area contributed by atoms with Gasteiger partial charge in [0.2, 0.25) is 15.9 Å². The quantitative estimate of drug-likeness (QED) is 0.700. The van der Waals surface area contributed by atoms with Gasteiger partial charge in [0.1, 0.15) is 0 Å². The Hall–Kier alpha value is -1.93. The van der Waals surface area contributed by atoms with Crippen molar-refractivity contribution in [3.05, 3.63) is 29.3 Å². The Labute approximate surface area is 192 Å². The molecule has 0 aromatic heterocycles. The minimum atomic E-state index is -3.72. The third-order valence-electron chi connectivity index (χ3n) is 6.29. The van der Waals surface area contributed by atoms with Gasteiger partial charge in [0.25, 0.3) is 5.91 Å². The second kappa shape index (κ2) is 9.91. The van der Waals surface area contributed by atoms with Gasteiger partial charge in [-0.05, 0) is 71.1 Å². The maximum atomic E-state index is 13.2. The van der Waals surface area contributed by atoms with E-state index in [9.17, 15) is 18.0 Å². The van der Waals surface area contributed by atoms with Crippen LogP contribution in [0.4, 0.5) is 0 Å². The zero-order valence-electron chi connectivity index (χ0n) is 19.7. The third-order valence-corrected chi connectivity index (χ3v) is 8.05. The van der Waals surface area contributed by atoms with Crippen LogP contribution in [-0.4, -0.2) is 49.8 Å². The van der Waals surface area contributed by atoms with Crippen molar-refractivity contribution in [1.29, 1.82) is 0 Å². The summed E-state index contributed by atoms with van der Waals surface area (Å²) in [6.07, 6.45) is 6.87. The highest BCUT2D eigenvalue weighted by Crippen LogP contribution is 2.25. The van der Waals surface area contributed by atoms with Gasteiger partial charge in [-0.3, -0.25) is 9.59 Å². The SMILES string of the molecule is Cc1ccc(S(=O)(=O)NC(C)(C)C)cc1C(=O)N1CCC(NC(=O)C2CCCCC2)CC1. The number of rotatable bonds is 5. The molecule has 0 bridgehead atoms. The summed E-state index contributed by atoms with van der Waals surface area (Å²) < 4.78 is 28.1. The summed E-state index contributed by atoms with van der Waals surface area (Å²) in [5, 5.41) is 3.19. The summed E-state index contributed by atoms with van der Waals surface area (Å²) in [7, 11) is -3.72. The largest absolute Gasteiger partial charge is 0.353 e. The molecule has 1 heterocycles. The fraction of sp³-hybridized carbons (Fsp3) is 0.667. The van der Waals surface area contributed by atoms with Gasteiger partial charge in [0, 0.05) is 36.2 Å². The number of amides is 2. The highest BCUT2D eigenvalue weighted by atomic mass is 32.2. The molecule has 1 saturated heterocycles. The normalized spacial score (nSPS) is 19.1. The topological polar surface area (TPSA) is 95.6 Å². The van der Waals surface area contributed by atoms with Gasteiger partial charge in [-0.15, -0.1) is 0 Å². The molecule has 1 aromatic rings. The molecular formula is C24H37N3O4S. The molecule has 8 heteroatoms. The third kappa shape index (κ3) is 6.32. The number of nitrogens with zero attached hydrogens (tertiary/aromatic N) is 1. The van der Waals surface area contributed by atoms with Gasteiger partial charge < -0.3 is 10.2 Å². The molecule has 0 unspecified atom stereocenters. The minimum Gasteiger partial charge on any atom is -0.353 e. The molecule has 2 amide bonds. The molecule has 0 atom stereocenters. The van der Waals surface area contributed by atoms with Crippen LogP contribution >= 0.6 is 0 Å². The Balaban J connectivity index is 1.63. The standard InChI is InChI=1S/C24H37N3O4S/c1-17-10-11-20(32(30,31)26-24(2,3)4)16-21(17)23(29)27-14-12-19(13-15-27)25-22(28)18-8-6-5-7-9-18/h10-11,16,18-19,26H,5-9,12-15H2,1-4H3,(H,25,28). The lowest BCUT2D eigenvalue weighted by atomic mass is 9.88. The molecule has 1 aliphatic heterocycles. The number of likely N-dealkylation sites (tertiary alicyclic amines) is 1. The number of hydrogen-bond donors (Lipinski definition) is 2. The molecule has 3 rings (SSSR count). The van der Waals surface area contributed by atoms with Gasteiger partial charge in [-0.25, -0.2) is 13.1 Å². The number of nitrogens with one attached hydrogen (secondary N) is 2. The lowest BCUT2D eigenvalue weighted by Crippen LogP contribution is -2.48. The maximum absolute atomic E-state index is 13.2. The van der Waals surface area contributed by atoms with E-state index in [0.29, 0.717) is 31.5 Å². The maximum Gasteiger partial charge on any atom is 0.254 e. The van der Waals surface area contributed by atoms with E-state index >= 15 is 0 Å². The fourth-order valence-corrected chi connectivity index (χ4v) is 5.99. The molecular weight excluding hydrogens is 426 g/mol. The van der Waals surface area contributed by atoms with Crippen LogP contribution in [0.5, 0.6) is 0 Å². The smallest absolute Gasteiger partial charge is 0.254 e. The molecule has 1 aromatic carbocycles. The van der Waals surface area contributed by atoms with Crippen molar-refractivity contribution in [2.24, 2.45) is 5.92 Å². The predicted octanol–water partition coefficient (Wildman–Crippen LogP) is 3.37. The zero-order chi connectivity index (χ0) is 23.5. The number of piperidine rings is 1.